The number of piperazine rings is 1. The molecule has 2 aliphatic rings. The molecule has 2 aliphatic heterocycles. The predicted molar refractivity (Wildman–Crippen MR) is 94.1 cm³/mol. The third-order valence-corrected chi connectivity index (χ3v) is 5.24. The third kappa shape index (κ3) is 4.12. The lowest BCUT2D eigenvalue weighted by atomic mass is 10.1. The Morgan fingerprint density at radius 2 is 1.96 bits per heavy atom. The number of likely N-dealkylation sites (N-methyl/N-ethyl adjacent to an activating group) is 1. The van der Waals surface area contributed by atoms with Crippen LogP contribution in [0.25, 0.3) is 0 Å². The number of ether oxygens (including phenoxy) is 1. The van der Waals surface area contributed by atoms with E-state index in [9.17, 15) is 15.0 Å². The number of hydrogen-bond donors (Lipinski definition) is 2. The molecule has 0 radical (unpaired) electrons. The number of aliphatic hydroxyl groups excluding tert-OH is 1. The van der Waals surface area contributed by atoms with E-state index in [1.807, 2.05) is 6.07 Å². The van der Waals surface area contributed by atoms with E-state index < -0.39 is 5.97 Å². The lowest BCUT2D eigenvalue weighted by molar-refractivity contribution is 0.0512. The summed E-state index contributed by atoms with van der Waals surface area (Å²) in [6.07, 6.45) is -0.361. The van der Waals surface area contributed by atoms with E-state index >= 15 is 0 Å². The molecule has 0 aliphatic carbocycles. The fourth-order valence-corrected chi connectivity index (χ4v) is 3.77. The summed E-state index contributed by atoms with van der Waals surface area (Å²) in [7, 11) is 3.59. The maximum Gasteiger partial charge on any atom is 0.339 e. The Labute approximate surface area is 148 Å². The van der Waals surface area contributed by atoms with Gasteiger partial charge in [0.25, 0.3) is 0 Å². The first-order chi connectivity index (χ1) is 12.0. The number of aromatic carboxylic acids is 1. The molecule has 2 atom stereocenters. The summed E-state index contributed by atoms with van der Waals surface area (Å²) in [5.41, 5.74) is 1.10. The minimum absolute atomic E-state index is 0.158. The largest absolute Gasteiger partial charge is 0.496 e. The monoisotopic (exact) mass is 349 g/mol. The average Bonchev–Trinajstić information content (AvgIpc) is 2.95. The van der Waals surface area contributed by atoms with Crippen LogP contribution in [0.4, 0.5) is 0 Å². The summed E-state index contributed by atoms with van der Waals surface area (Å²) < 4.78 is 5.11. The van der Waals surface area contributed by atoms with Crippen LogP contribution < -0.4 is 4.74 Å². The van der Waals surface area contributed by atoms with Crippen LogP contribution >= 0.6 is 0 Å². The maximum atomic E-state index is 11.4. The van der Waals surface area contributed by atoms with E-state index in [-0.39, 0.29) is 17.7 Å². The normalized spacial score (nSPS) is 26.0. The number of carboxylic acids is 1. The van der Waals surface area contributed by atoms with Crippen molar-refractivity contribution >= 4 is 5.97 Å². The van der Waals surface area contributed by atoms with Crippen molar-refractivity contribution in [1.29, 1.82) is 0 Å². The summed E-state index contributed by atoms with van der Waals surface area (Å²) in [6.45, 7) is 6.08. The highest BCUT2D eigenvalue weighted by molar-refractivity contribution is 5.91. The highest BCUT2D eigenvalue weighted by atomic mass is 16.5. The fraction of sp³-hybridized carbons (Fsp3) is 0.611. The van der Waals surface area contributed by atoms with Crippen LogP contribution in [-0.2, 0) is 6.54 Å². The Bertz CT molecular complexity index is 616. The SMILES string of the molecule is COc1ccc(CN2C[C@H](O)[C@@H](N3CCN(C)CC3)C2)cc1C(=O)O. The number of β-amino-alcohol motifs (C(OH)–C–C–N with tert-alkyl or cyclic N) is 1. The lowest BCUT2D eigenvalue weighted by Crippen LogP contribution is -2.52. The Morgan fingerprint density at radius 3 is 2.60 bits per heavy atom. The molecule has 2 saturated heterocycles. The zero-order valence-electron chi connectivity index (χ0n) is 14.9. The molecule has 0 unspecified atom stereocenters. The van der Waals surface area contributed by atoms with Gasteiger partial charge in [-0.15, -0.1) is 0 Å². The molecular weight excluding hydrogens is 322 g/mol. The number of nitrogens with zero attached hydrogens (tertiary/aromatic N) is 3. The standard InChI is InChI=1S/C18H27N3O4/c1-19-5-7-21(8-6-19)15-11-20(12-16(15)22)10-13-3-4-17(25-2)14(9-13)18(23)24/h3-4,9,15-16,22H,5-8,10-12H2,1-2H3,(H,23,24)/t15-,16-/m0/s1. The van der Waals surface area contributed by atoms with Crippen molar-refractivity contribution in [3.05, 3.63) is 29.3 Å². The first-order valence-corrected chi connectivity index (χ1v) is 8.71. The molecule has 25 heavy (non-hydrogen) atoms. The van der Waals surface area contributed by atoms with Gasteiger partial charge in [0.15, 0.2) is 0 Å². The summed E-state index contributed by atoms with van der Waals surface area (Å²) >= 11 is 0. The quantitative estimate of drug-likeness (QED) is 0.786. The van der Waals surface area contributed by atoms with Crippen LogP contribution in [-0.4, -0.2) is 96.5 Å². The van der Waals surface area contributed by atoms with Crippen LogP contribution in [0, 0.1) is 0 Å². The molecule has 2 N–H and O–H groups in total. The molecule has 0 aromatic heterocycles. The van der Waals surface area contributed by atoms with Crippen LogP contribution in [0.2, 0.25) is 0 Å². The van der Waals surface area contributed by atoms with Gasteiger partial charge in [-0.05, 0) is 24.7 Å². The predicted octanol–water partition coefficient (Wildman–Crippen LogP) is 0.186. The number of likely N-dealkylation sites (tertiary alicyclic amines) is 1. The second-order valence-electron chi connectivity index (χ2n) is 7.01. The molecule has 1 aromatic carbocycles. The van der Waals surface area contributed by atoms with Crippen LogP contribution in [0.1, 0.15) is 15.9 Å². The van der Waals surface area contributed by atoms with Gasteiger partial charge in [-0.2, -0.15) is 0 Å². The van der Waals surface area contributed by atoms with Gasteiger partial charge in [0.05, 0.1) is 13.2 Å². The number of carbonyl (C=O) groups is 1. The van der Waals surface area contributed by atoms with Gasteiger partial charge in [-0.3, -0.25) is 9.80 Å². The van der Waals surface area contributed by atoms with Crippen molar-refractivity contribution in [3.63, 3.8) is 0 Å². The van der Waals surface area contributed by atoms with E-state index in [0.717, 1.165) is 38.3 Å². The number of aliphatic hydroxyl groups is 1. The van der Waals surface area contributed by atoms with Crippen molar-refractivity contribution in [2.24, 2.45) is 0 Å². The van der Waals surface area contributed by atoms with Gasteiger partial charge in [-0.25, -0.2) is 4.79 Å². The molecule has 138 valence electrons. The van der Waals surface area contributed by atoms with Crippen molar-refractivity contribution in [1.82, 2.24) is 14.7 Å². The Hall–Kier alpha value is -1.67. The van der Waals surface area contributed by atoms with Gasteiger partial charge < -0.3 is 19.8 Å². The van der Waals surface area contributed by atoms with Gasteiger partial charge in [0, 0.05) is 51.9 Å². The first kappa shape index (κ1) is 18.1. The van der Waals surface area contributed by atoms with Gasteiger partial charge in [0.1, 0.15) is 11.3 Å². The minimum atomic E-state index is -0.990. The summed E-state index contributed by atoms with van der Waals surface area (Å²) in [6, 6.07) is 5.41. The second kappa shape index (κ2) is 7.70. The van der Waals surface area contributed by atoms with E-state index in [1.54, 1.807) is 12.1 Å². The van der Waals surface area contributed by atoms with Gasteiger partial charge >= 0.3 is 5.97 Å². The third-order valence-electron chi connectivity index (χ3n) is 5.24. The molecule has 7 heteroatoms. The van der Waals surface area contributed by atoms with Crippen molar-refractivity contribution < 1.29 is 19.7 Å². The molecule has 0 spiro atoms. The molecule has 2 fully saturated rings. The van der Waals surface area contributed by atoms with Crippen LogP contribution in [0.15, 0.2) is 18.2 Å². The van der Waals surface area contributed by atoms with E-state index in [0.29, 0.717) is 18.8 Å². The number of benzene rings is 1. The van der Waals surface area contributed by atoms with Crippen LogP contribution in [0.3, 0.4) is 0 Å². The summed E-state index contributed by atoms with van der Waals surface area (Å²) in [5.74, 6) is -0.622. The zero-order valence-corrected chi connectivity index (χ0v) is 14.9. The zero-order chi connectivity index (χ0) is 18.0. The minimum Gasteiger partial charge on any atom is -0.496 e. The summed E-state index contributed by atoms with van der Waals surface area (Å²) in [4.78, 5) is 18.2. The lowest BCUT2D eigenvalue weighted by Gasteiger charge is -2.37. The number of rotatable bonds is 5. The van der Waals surface area contributed by atoms with E-state index in [2.05, 4.69) is 21.7 Å². The number of methoxy groups -OCH3 is 1. The fourth-order valence-electron chi connectivity index (χ4n) is 3.77. The molecule has 0 amide bonds. The van der Waals surface area contributed by atoms with Crippen molar-refractivity contribution in [2.45, 2.75) is 18.7 Å². The molecule has 2 heterocycles. The van der Waals surface area contributed by atoms with E-state index in [1.165, 1.54) is 7.11 Å². The molecule has 1 aromatic rings. The highest BCUT2D eigenvalue weighted by Crippen LogP contribution is 2.23. The molecular formula is C18H27N3O4. The van der Waals surface area contributed by atoms with E-state index in [4.69, 9.17) is 4.74 Å². The number of hydrogen-bond acceptors (Lipinski definition) is 6. The smallest absolute Gasteiger partial charge is 0.339 e. The maximum absolute atomic E-state index is 11.4. The van der Waals surface area contributed by atoms with Crippen LogP contribution in [0.5, 0.6) is 5.75 Å². The number of carboxylic acid groups (broad SMARTS) is 1. The van der Waals surface area contributed by atoms with Gasteiger partial charge in [-0.1, -0.05) is 6.07 Å². The molecule has 7 nitrogen and oxygen atoms in total. The Balaban J connectivity index is 1.64. The molecule has 0 bridgehead atoms. The van der Waals surface area contributed by atoms with Crippen molar-refractivity contribution in [2.75, 3.05) is 53.4 Å². The molecule has 0 saturated carbocycles. The second-order valence-corrected chi connectivity index (χ2v) is 7.01. The highest BCUT2D eigenvalue weighted by Gasteiger charge is 2.36. The summed E-state index contributed by atoms with van der Waals surface area (Å²) in [5, 5.41) is 19.8. The Morgan fingerprint density at radius 1 is 1.24 bits per heavy atom. The Kier molecular flexibility index (Phi) is 5.58. The first-order valence-electron chi connectivity index (χ1n) is 8.71. The average molecular weight is 349 g/mol. The topological polar surface area (TPSA) is 76.5 Å². The van der Waals surface area contributed by atoms with Crippen molar-refractivity contribution in [3.8, 4) is 5.75 Å². The van der Waals surface area contributed by atoms with Gasteiger partial charge in [0.2, 0.25) is 0 Å². The molecule has 3 rings (SSSR count).